The van der Waals surface area contributed by atoms with E-state index in [-0.39, 0.29) is 11.9 Å². The summed E-state index contributed by atoms with van der Waals surface area (Å²) < 4.78 is 10.4. The second-order valence-electron chi connectivity index (χ2n) is 4.10. The van der Waals surface area contributed by atoms with E-state index in [4.69, 9.17) is 9.47 Å². The highest BCUT2D eigenvalue weighted by atomic mass is 16.5. The number of hydrogen-bond acceptors (Lipinski definition) is 3. The van der Waals surface area contributed by atoms with Gasteiger partial charge >= 0.3 is 0 Å². The summed E-state index contributed by atoms with van der Waals surface area (Å²) in [4.78, 5) is 11.5. The van der Waals surface area contributed by atoms with Gasteiger partial charge in [0.1, 0.15) is 0 Å². The van der Waals surface area contributed by atoms with E-state index < -0.39 is 0 Å². The van der Waals surface area contributed by atoms with Crippen molar-refractivity contribution >= 4 is 5.91 Å². The lowest BCUT2D eigenvalue weighted by Gasteiger charge is -2.13. The zero-order valence-corrected chi connectivity index (χ0v) is 9.62. The molecule has 0 aromatic rings. The molecule has 0 bridgehead atoms. The second kappa shape index (κ2) is 6.80. The van der Waals surface area contributed by atoms with Gasteiger partial charge in [-0.25, -0.2) is 0 Å². The van der Waals surface area contributed by atoms with E-state index in [1.165, 1.54) is 0 Å². The van der Waals surface area contributed by atoms with Gasteiger partial charge in [-0.15, -0.1) is 0 Å². The molecule has 4 heteroatoms. The van der Waals surface area contributed by atoms with Crippen molar-refractivity contribution in [2.75, 3.05) is 20.3 Å². The van der Waals surface area contributed by atoms with Crippen molar-refractivity contribution in [3.8, 4) is 0 Å². The minimum Gasteiger partial charge on any atom is -0.383 e. The van der Waals surface area contributed by atoms with Crippen molar-refractivity contribution in [1.82, 2.24) is 5.32 Å². The van der Waals surface area contributed by atoms with Crippen LogP contribution in [-0.2, 0) is 14.3 Å². The largest absolute Gasteiger partial charge is 0.383 e. The van der Waals surface area contributed by atoms with E-state index in [0.29, 0.717) is 19.1 Å². The van der Waals surface area contributed by atoms with Crippen LogP contribution in [0.2, 0.25) is 0 Å². The van der Waals surface area contributed by atoms with Gasteiger partial charge in [0.15, 0.2) is 0 Å². The topological polar surface area (TPSA) is 47.6 Å². The summed E-state index contributed by atoms with van der Waals surface area (Å²) in [5.74, 6) is 0.0926. The van der Waals surface area contributed by atoms with Crippen molar-refractivity contribution in [2.45, 2.75) is 44.8 Å². The maximum Gasteiger partial charge on any atom is 0.220 e. The van der Waals surface area contributed by atoms with Gasteiger partial charge in [0.05, 0.1) is 12.7 Å². The van der Waals surface area contributed by atoms with E-state index in [2.05, 4.69) is 5.32 Å². The monoisotopic (exact) mass is 215 g/mol. The summed E-state index contributed by atoms with van der Waals surface area (Å²) in [6.45, 7) is 3.35. The normalized spacial score (nSPS) is 22.7. The number of methoxy groups -OCH3 is 1. The average Bonchev–Trinajstić information content (AvgIpc) is 2.67. The van der Waals surface area contributed by atoms with Crippen molar-refractivity contribution in [3.05, 3.63) is 0 Å². The Morgan fingerprint density at radius 2 is 2.47 bits per heavy atom. The van der Waals surface area contributed by atoms with Crippen LogP contribution in [0.15, 0.2) is 0 Å². The number of carbonyl (C=O) groups excluding carboxylic acids is 1. The molecule has 1 fully saturated rings. The first kappa shape index (κ1) is 12.5. The van der Waals surface area contributed by atoms with Crippen LogP contribution < -0.4 is 5.32 Å². The molecule has 15 heavy (non-hydrogen) atoms. The Morgan fingerprint density at radius 3 is 3.07 bits per heavy atom. The Kier molecular flexibility index (Phi) is 5.65. The fourth-order valence-electron chi connectivity index (χ4n) is 1.80. The van der Waals surface area contributed by atoms with Crippen LogP contribution in [0.4, 0.5) is 0 Å². The van der Waals surface area contributed by atoms with Gasteiger partial charge < -0.3 is 14.8 Å². The Hall–Kier alpha value is -0.610. The smallest absolute Gasteiger partial charge is 0.220 e. The average molecular weight is 215 g/mol. The molecule has 1 rings (SSSR count). The Bertz CT molecular complexity index is 190. The fraction of sp³-hybridized carbons (Fsp3) is 0.909. The van der Waals surface area contributed by atoms with E-state index in [1.807, 2.05) is 6.92 Å². The van der Waals surface area contributed by atoms with Gasteiger partial charge in [0, 0.05) is 26.2 Å². The Balaban J connectivity index is 2.07. The zero-order valence-electron chi connectivity index (χ0n) is 9.62. The molecule has 0 unspecified atom stereocenters. The summed E-state index contributed by atoms with van der Waals surface area (Å²) in [5, 5.41) is 2.89. The third kappa shape index (κ3) is 5.14. The summed E-state index contributed by atoms with van der Waals surface area (Å²) in [5.41, 5.74) is 0. The first-order chi connectivity index (χ1) is 7.22. The number of amides is 1. The molecule has 0 aromatic carbocycles. The van der Waals surface area contributed by atoms with Crippen molar-refractivity contribution in [1.29, 1.82) is 0 Å². The molecular formula is C11H21NO3. The summed E-state index contributed by atoms with van der Waals surface area (Å²) in [7, 11) is 1.63. The fourth-order valence-corrected chi connectivity index (χ4v) is 1.80. The van der Waals surface area contributed by atoms with Gasteiger partial charge in [-0.05, 0) is 26.2 Å². The summed E-state index contributed by atoms with van der Waals surface area (Å²) in [6.07, 6.45) is 3.92. The molecule has 0 spiro atoms. The number of ether oxygens (including phenoxy) is 2. The van der Waals surface area contributed by atoms with Gasteiger partial charge in [-0.2, -0.15) is 0 Å². The minimum absolute atomic E-state index is 0.0898. The molecule has 1 aliphatic rings. The van der Waals surface area contributed by atoms with Crippen LogP contribution in [0.5, 0.6) is 0 Å². The van der Waals surface area contributed by atoms with Crippen LogP contribution >= 0.6 is 0 Å². The number of carbonyl (C=O) groups is 1. The lowest BCUT2D eigenvalue weighted by Crippen LogP contribution is -2.35. The molecule has 1 amide bonds. The van der Waals surface area contributed by atoms with E-state index in [9.17, 15) is 4.79 Å². The maximum absolute atomic E-state index is 11.5. The molecule has 0 aromatic heterocycles. The number of hydrogen-bond donors (Lipinski definition) is 1. The Labute approximate surface area is 91.3 Å². The third-order valence-electron chi connectivity index (χ3n) is 2.54. The van der Waals surface area contributed by atoms with E-state index in [1.54, 1.807) is 7.11 Å². The van der Waals surface area contributed by atoms with Crippen LogP contribution in [-0.4, -0.2) is 38.4 Å². The third-order valence-corrected chi connectivity index (χ3v) is 2.54. The molecule has 1 heterocycles. The van der Waals surface area contributed by atoms with Crippen LogP contribution in [0, 0.1) is 0 Å². The summed E-state index contributed by atoms with van der Waals surface area (Å²) in [6, 6.07) is 0.0898. The van der Waals surface area contributed by atoms with Crippen molar-refractivity contribution in [2.24, 2.45) is 0 Å². The zero-order chi connectivity index (χ0) is 11.1. The van der Waals surface area contributed by atoms with Crippen LogP contribution in [0.3, 0.4) is 0 Å². The highest BCUT2D eigenvalue weighted by Crippen LogP contribution is 2.16. The van der Waals surface area contributed by atoms with Crippen LogP contribution in [0.25, 0.3) is 0 Å². The standard InChI is InChI=1S/C11H21NO3/c1-9(8-14-2)12-11(13)6-5-10-4-3-7-15-10/h9-10H,3-8H2,1-2H3,(H,12,13)/t9-,10-/m1/s1. The molecule has 0 radical (unpaired) electrons. The molecule has 2 atom stereocenters. The quantitative estimate of drug-likeness (QED) is 0.721. The molecule has 1 aliphatic heterocycles. The second-order valence-corrected chi connectivity index (χ2v) is 4.10. The minimum atomic E-state index is 0.0898. The molecule has 0 aliphatic carbocycles. The van der Waals surface area contributed by atoms with Gasteiger partial charge in [0.2, 0.25) is 5.91 Å². The number of nitrogens with one attached hydrogen (secondary N) is 1. The lowest BCUT2D eigenvalue weighted by atomic mass is 10.1. The summed E-state index contributed by atoms with van der Waals surface area (Å²) >= 11 is 0. The molecule has 88 valence electrons. The highest BCUT2D eigenvalue weighted by molar-refractivity contribution is 5.76. The van der Waals surface area contributed by atoms with Crippen LogP contribution in [0.1, 0.15) is 32.6 Å². The SMILES string of the molecule is COC[C@@H](C)NC(=O)CC[C@H]1CCCO1. The van der Waals surface area contributed by atoms with Gasteiger partial charge in [-0.1, -0.05) is 0 Å². The predicted octanol–water partition coefficient (Wildman–Crippen LogP) is 1.10. The number of rotatable bonds is 6. The maximum atomic E-state index is 11.5. The molecular weight excluding hydrogens is 194 g/mol. The highest BCUT2D eigenvalue weighted by Gasteiger charge is 2.17. The molecule has 0 saturated carbocycles. The predicted molar refractivity (Wildman–Crippen MR) is 57.7 cm³/mol. The Morgan fingerprint density at radius 1 is 1.67 bits per heavy atom. The first-order valence-electron chi connectivity index (χ1n) is 5.62. The molecule has 4 nitrogen and oxygen atoms in total. The molecule has 1 N–H and O–H groups in total. The first-order valence-corrected chi connectivity index (χ1v) is 5.62. The van der Waals surface area contributed by atoms with Crippen molar-refractivity contribution < 1.29 is 14.3 Å². The van der Waals surface area contributed by atoms with Crippen molar-refractivity contribution in [3.63, 3.8) is 0 Å². The lowest BCUT2D eigenvalue weighted by molar-refractivity contribution is -0.122. The van der Waals surface area contributed by atoms with Gasteiger partial charge in [0.25, 0.3) is 0 Å². The van der Waals surface area contributed by atoms with E-state index in [0.717, 1.165) is 25.9 Å². The molecule has 1 saturated heterocycles. The van der Waals surface area contributed by atoms with E-state index >= 15 is 0 Å². The van der Waals surface area contributed by atoms with Gasteiger partial charge in [-0.3, -0.25) is 4.79 Å².